The van der Waals surface area contributed by atoms with Crippen molar-refractivity contribution in [2.24, 2.45) is 11.7 Å². The monoisotopic (exact) mass is 233 g/mol. The van der Waals surface area contributed by atoms with E-state index in [0.717, 1.165) is 18.7 Å². The summed E-state index contributed by atoms with van der Waals surface area (Å²) in [6.45, 7) is 5.16. The lowest BCUT2D eigenvalue weighted by atomic mass is 10.0. The molecule has 1 saturated carbocycles. The molecular formula is C15H23NO. The van der Waals surface area contributed by atoms with E-state index in [1.54, 1.807) is 0 Å². The van der Waals surface area contributed by atoms with Gasteiger partial charge in [0.15, 0.2) is 0 Å². The van der Waals surface area contributed by atoms with Gasteiger partial charge in [-0.2, -0.15) is 0 Å². The van der Waals surface area contributed by atoms with Crippen molar-refractivity contribution in [3.63, 3.8) is 0 Å². The third kappa shape index (κ3) is 2.81. The fourth-order valence-corrected chi connectivity index (χ4v) is 2.66. The van der Waals surface area contributed by atoms with Gasteiger partial charge in [0.05, 0.1) is 0 Å². The molecule has 1 aliphatic carbocycles. The number of nitrogens with two attached hydrogens (primary N) is 1. The van der Waals surface area contributed by atoms with Crippen molar-refractivity contribution in [3.05, 3.63) is 29.8 Å². The molecule has 1 aromatic carbocycles. The molecule has 0 amide bonds. The molecule has 0 spiro atoms. The summed E-state index contributed by atoms with van der Waals surface area (Å²) in [6, 6.07) is 8.37. The predicted molar refractivity (Wildman–Crippen MR) is 71.3 cm³/mol. The maximum absolute atomic E-state index is 6.19. The van der Waals surface area contributed by atoms with Gasteiger partial charge in [0.2, 0.25) is 0 Å². The van der Waals surface area contributed by atoms with Gasteiger partial charge in [0.1, 0.15) is 11.9 Å². The first-order chi connectivity index (χ1) is 8.22. The molecule has 1 fully saturated rings. The zero-order valence-electron chi connectivity index (χ0n) is 10.9. The van der Waals surface area contributed by atoms with Gasteiger partial charge in [0.25, 0.3) is 0 Å². The van der Waals surface area contributed by atoms with E-state index in [0.29, 0.717) is 17.9 Å². The van der Waals surface area contributed by atoms with Gasteiger partial charge in [-0.05, 0) is 43.4 Å². The predicted octanol–water partition coefficient (Wildman–Crippen LogP) is 3.32. The third-order valence-corrected chi connectivity index (χ3v) is 3.71. The van der Waals surface area contributed by atoms with Crippen molar-refractivity contribution >= 4 is 0 Å². The lowest BCUT2D eigenvalue weighted by Crippen LogP contribution is -2.28. The van der Waals surface area contributed by atoms with Gasteiger partial charge in [-0.25, -0.2) is 0 Å². The van der Waals surface area contributed by atoms with Crippen LogP contribution in [0.15, 0.2) is 24.3 Å². The van der Waals surface area contributed by atoms with E-state index in [2.05, 4.69) is 32.0 Å². The molecule has 2 heteroatoms. The highest BCUT2D eigenvalue weighted by atomic mass is 16.5. The maximum atomic E-state index is 6.19. The highest BCUT2D eigenvalue weighted by Gasteiger charge is 2.28. The minimum Gasteiger partial charge on any atom is -0.490 e. The number of ether oxygens (including phenoxy) is 1. The first-order valence-electron chi connectivity index (χ1n) is 6.68. The topological polar surface area (TPSA) is 35.2 Å². The van der Waals surface area contributed by atoms with Crippen LogP contribution in [0, 0.1) is 5.92 Å². The molecular weight excluding hydrogens is 210 g/mol. The summed E-state index contributed by atoms with van der Waals surface area (Å²) in [5.41, 5.74) is 7.10. The SMILES string of the molecule is CC(C)c1ccccc1OC1CCCC1CN. The van der Waals surface area contributed by atoms with Gasteiger partial charge in [0, 0.05) is 5.92 Å². The Morgan fingerprint density at radius 1 is 1.29 bits per heavy atom. The molecule has 2 atom stereocenters. The number of benzene rings is 1. The molecule has 17 heavy (non-hydrogen) atoms. The summed E-state index contributed by atoms with van der Waals surface area (Å²) < 4.78 is 6.19. The first-order valence-corrected chi connectivity index (χ1v) is 6.68. The summed E-state index contributed by atoms with van der Waals surface area (Å²) in [6.07, 6.45) is 3.93. The average Bonchev–Trinajstić information content (AvgIpc) is 2.77. The molecule has 0 saturated heterocycles. The van der Waals surface area contributed by atoms with Crippen LogP contribution in [0.25, 0.3) is 0 Å². The Morgan fingerprint density at radius 2 is 2.06 bits per heavy atom. The first kappa shape index (κ1) is 12.4. The average molecular weight is 233 g/mol. The zero-order valence-corrected chi connectivity index (χ0v) is 10.9. The molecule has 0 heterocycles. The molecule has 1 aliphatic rings. The molecule has 2 nitrogen and oxygen atoms in total. The second kappa shape index (κ2) is 5.54. The minimum atomic E-state index is 0.319. The molecule has 94 valence electrons. The molecule has 2 unspecified atom stereocenters. The van der Waals surface area contributed by atoms with Crippen molar-refractivity contribution in [3.8, 4) is 5.75 Å². The molecule has 0 aliphatic heterocycles. The van der Waals surface area contributed by atoms with Crippen LogP contribution in [0.4, 0.5) is 0 Å². The van der Waals surface area contributed by atoms with E-state index >= 15 is 0 Å². The molecule has 0 bridgehead atoms. The van der Waals surface area contributed by atoms with E-state index in [1.165, 1.54) is 18.4 Å². The Labute approximate surface area is 104 Å². The van der Waals surface area contributed by atoms with Gasteiger partial charge < -0.3 is 10.5 Å². The van der Waals surface area contributed by atoms with E-state index in [1.807, 2.05) is 6.07 Å². The van der Waals surface area contributed by atoms with Crippen molar-refractivity contribution in [2.75, 3.05) is 6.54 Å². The standard InChI is InChI=1S/C15H23NO/c1-11(2)13-7-3-4-8-15(13)17-14-9-5-6-12(14)10-16/h3-4,7-8,11-12,14H,5-6,9-10,16H2,1-2H3. The number of para-hydroxylation sites is 1. The van der Waals surface area contributed by atoms with Crippen molar-refractivity contribution in [2.45, 2.75) is 45.1 Å². The zero-order chi connectivity index (χ0) is 12.3. The lowest BCUT2D eigenvalue weighted by Gasteiger charge is -2.22. The summed E-state index contributed by atoms with van der Waals surface area (Å²) in [5, 5.41) is 0. The number of rotatable bonds is 4. The Kier molecular flexibility index (Phi) is 4.06. The summed E-state index contributed by atoms with van der Waals surface area (Å²) in [7, 11) is 0. The fourth-order valence-electron chi connectivity index (χ4n) is 2.66. The Hall–Kier alpha value is -1.02. The minimum absolute atomic E-state index is 0.319. The van der Waals surface area contributed by atoms with Gasteiger partial charge >= 0.3 is 0 Å². The number of hydrogen-bond acceptors (Lipinski definition) is 2. The molecule has 1 aromatic rings. The Balaban J connectivity index is 2.12. The van der Waals surface area contributed by atoms with E-state index in [4.69, 9.17) is 10.5 Å². The van der Waals surface area contributed by atoms with Crippen LogP contribution in [0.1, 0.15) is 44.6 Å². The summed E-state index contributed by atoms with van der Waals surface area (Å²) in [4.78, 5) is 0. The van der Waals surface area contributed by atoms with Crippen LogP contribution in [0.2, 0.25) is 0 Å². The smallest absolute Gasteiger partial charge is 0.123 e. The fraction of sp³-hybridized carbons (Fsp3) is 0.600. The second-order valence-electron chi connectivity index (χ2n) is 5.28. The Bertz CT molecular complexity index is 362. The largest absolute Gasteiger partial charge is 0.490 e. The van der Waals surface area contributed by atoms with Crippen LogP contribution < -0.4 is 10.5 Å². The quantitative estimate of drug-likeness (QED) is 0.866. The van der Waals surface area contributed by atoms with Gasteiger partial charge in [-0.3, -0.25) is 0 Å². The molecule has 2 N–H and O–H groups in total. The van der Waals surface area contributed by atoms with Gasteiger partial charge in [-0.15, -0.1) is 0 Å². The normalized spacial score (nSPS) is 24.2. The van der Waals surface area contributed by atoms with Crippen LogP contribution in [0.5, 0.6) is 5.75 Å². The molecule has 2 rings (SSSR count). The van der Waals surface area contributed by atoms with Crippen molar-refractivity contribution in [1.82, 2.24) is 0 Å². The summed E-state index contributed by atoms with van der Waals surface area (Å²) >= 11 is 0. The van der Waals surface area contributed by atoms with E-state index in [-0.39, 0.29) is 0 Å². The highest BCUT2D eigenvalue weighted by Crippen LogP contribution is 2.32. The van der Waals surface area contributed by atoms with Gasteiger partial charge in [-0.1, -0.05) is 32.0 Å². The van der Waals surface area contributed by atoms with Crippen LogP contribution in [0.3, 0.4) is 0 Å². The third-order valence-electron chi connectivity index (χ3n) is 3.71. The molecule has 0 aromatic heterocycles. The van der Waals surface area contributed by atoms with E-state index in [9.17, 15) is 0 Å². The van der Waals surface area contributed by atoms with Crippen LogP contribution in [-0.2, 0) is 0 Å². The van der Waals surface area contributed by atoms with Crippen molar-refractivity contribution in [1.29, 1.82) is 0 Å². The molecule has 0 radical (unpaired) electrons. The lowest BCUT2D eigenvalue weighted by molar-refractivity contribution is 0.160. The highest BCUT2D eigenvalue weighted by molar-refractivity contribution is 5.35. The number of hydrogen-bond donors (Lipinski definition) is 1. The Morgan fingerprint density at radius 3 is 2.76 bits per heavy atom. The van der Waals surface area contributed by atoms with Crippen molar-refractivity contribution < 1.29 is 4.74 Å². The van der Waals surface area contributed by atoms with Crippen LogP contribution >= 0.6 is 0 Å². The second-order valence-corrected chi connectivity index (χ2v) is 5.28. The van der Waals surface area contributed by atoms with Crippen LogP contribution in [-0.4, -0.2) is 12.6 Å². The maximum Gasteiger partial charge on any atom is 0.123 e. The van der Waals surface area contributed by atoms with E-state index < -0.39 is 0 Å². The summed E-state index contributed by atoms with van der Waals surface area (Å²) in [5.74, 6) is 2.09.